The van der Waals surface area contributed by atoms with E-state index in [0.717, 1.165) is 70.8 Å². The zero-order valence-electron chi connectivity index (χ0n) is 15.8. The Hall–Kier alpha value is -1.53. The van der Waals surface area contributed by atoms with Gasteiger partial charge < -0.3 is 5.32 Å². The summed E-state index contributed by atoms with van der Waals surface area (Å²) in [6, 6.07) is 5.32. The van der Waals surface area contributed by atoms with Crippen LogP contribution in [-0.2, 0) is 11.3 Å². The molecule has 1 aliphatic carbocycles. The smallest absolute Gasteiger partial charge is 0.224 e. The molecule has 3 fully saturated rings. The zero-order valence-corrected chi connectivity index (χ0v) is 15.8. The minimum Gasteiger partial charge on any atom is -0.353 e. The van der Waals surface area contributed by atoms with Crippen LogP contribution in [0.15, 0.2) is 18.2 Å². The number of nitrogens with one attached hydrogen (secondary N) is 1. The standard InChI is InChI=1S/C21H29F2N3O/c22-19-5-1-3-15(20(19)23)13-25-11-8-18(9-12-25)26-10-2-4-16(14-26)21(27)24-17-6-7-17/h1,3,5,16-18H,2,4,6-14H2,(H,24,27)/t16-/m0/s1. The summed E-state index contributed by atoms with van der Waals surface area (Å²) in [4.78, 5) is 17.1. The van der Waals surface area contributed by atoms with Gasteiger partial charge in [0.25, 0.3) is 0 Å². The van der Waals surface area contributed by atoms with Gasteiger partial charge in [-0.15, -0.1) is 0 Å². The SMILES string of the molecule is O=C(NC1CC1)[C@H]1CCCN(C2CCN(Cc3cccc(F)c3F)CC2)C1. The molecule has 0 unspecified atom stereocenters. The first kappa shape index (κ1) is 18.8. The molecule has 6 heteroatoms. The second-order valence-electron chi connectivity index (χ2n) is 8.34. The minimum absolute atomic E-state index is 0.124. The number of hydrogen-bond donors (Lipinski definition) is 1. The maximum atomic E-state index is 13.9. The molecule has 4 rings (SSSR count). The van der Waals surface area contributed by atoms with E-state index >= 15 is 0 Å². The summed E-state index contributed by atoms with van der Waals surface area (Å²) >= 11 is 0. The number of rotatable bonds is 5. The van der Waals surface area contributed by atoms with E-state index in [9.17, 15) is 13.6 Å². The number of piperidine rings is 2. The van der Waals surface area contributed by atoms with Gasteiger partial charge in [-0.2, -0.15) is 0 Å². The van der Waals surface area contributed by atoms with E-state index in [-0.39, 0.29) is 11.8 Å². The topological polar surface area (TPSA) is 35.6 Å². The third-order valence-electron chi connectivity index (χ3n) is 6.25. The zero-order chi connectivity index (χ0) is 18.8. The van der Waals surface area contributed by atoms with Crippen LogP contribution in [0.3, 0.4) is 0 Å². The predicted octanol–water partition coefficient (Wildman–Crippen LogP) is 2.92. The summed E-state index contributed by atoms with van der Waals surface area (Å²) in [6.45, 7) is 4.16. The van der Waals surface area contributed by atoms with Gasteiger partial charge in [0.2, 0.25) is 5.91 Å². The third kappa shape index (κ3) is 4.66. The van der Waals surface area contributed by atoms with Crippen molar-refractivity contribution in [3.63, 3.8) is 0 Å². The molecule has 0 radical (unpaired) electrons. The maximum absolute atomic E-state index is 13.9. The molecular formula is C21H29F2N3O. The van der Waals surface area contributed by atoms with Gasteiger partial charge in [0, 0.05) is 30.7 Å². The molecule has 1 amide bonds. The fourth-order valence-corrected chi connectivity index (χ4v) is 4.45. The second-order valence-corrected chi connectivity index (χ2v) is 8.34. The Morgan fingerprint density at radius 3 is 2.59 bits per heavy atom. The number of hydrogen-bond acceptors (Lipinski definition) is 3. The lowest BCUT2D eigenvalue weighted by atomic mass is 9.93. The Bertz CT molecular complexity index is 671. The Balaban J connectivity index is 1.27. The first-order valence-electron chi connectivity index (χ1n) is 10.3. The van der Waals surface area contributed by atoms with Crippen LogP contribution in [0.2, 0.25) is 0 Å². The van der Waals surface area contributed by atoms with Crippen molar-refractivity contribution in [2.24, 2.45) is 5.92 Å². The Kier molecular flexibility index (Phi) is 5.74. The van der Waals surface area contributed by atoms with Crippen molar-refractivity contribution in [3.8, 4) is 0 Å². The highest BCUT2D eigenvalue weighted by Crippen LogP contribution is 2.26. The molecule has 4 nitrogen and oxygen atoms in total. The maximum Gasteiger partial charge on any atom is 0.224 e. The fourth-order valence-electron chi connectivity index (χ4n) is 4.45. The number of halogens is 2. The molecule has 1 N–H and O–H groups in total. The molecule has 0 bridgehead atoms. The van der Waals surface area contributed by atoms with Crippen molar-refractivity contribution >= 4 is 5.91 Å². The van der Waals surface area contributed by atoms with E-state index in [0.29, 0.717) is 24.2 Å². The van der Waals surface area contributed by atoms with E-state index in [2.05, 4.69) is 15.1 Å². The molecule has 2 aliphatic heterocycles. The molecule has 1 aromatic rings. The molecule has 1 atom stereocenters. The quantitative estimate of drug-likeness (QED) is 0.857. The molecule has 27 heavy (non-hydrogen) atoms. The van der Waals surface area contributed by atoms with Crippen LogP contribution >= 0.6 is 0 Å². The molecule has 0 spiro atoms. The molecular weight excluding hydrogens is 348 g/mol. The van der Waals surface area contributed by atoms with Crippen LogP contribution in [0.4, 0.5) is 8.78 Å². The number of carbonyl (C=O) groups excluding carboxylic acids is 1. The largest absolute Gasteiger partial charge is 0.353 e. The van der Waals surface area contributed by atoms with Gasteiger partial charge in [-0.25, -0.2) is 8.78 Å². The molecule has 1 saturated carbocycles. The van der Waals surface area contributed by atoms with Crippen LogP contribution in [0.5, 0.6) is 0 Å². The van der Waals surface area contributed by atoms with Crippen molar-refractivity contribution in [1.29, 1.82) is 0 Å². The summed E-state index contributed by atoms with van der Waals surface area (Å²) < 4.78 is 27.3. The number of likely N-dealkylation sites (tertiary alicyclic amines) is 2. The number of benzene rings is 1. The highest BCUT2D eigenvalue weighted by molar-refractivity contribution is 5.79. The normalized spacial score (nSPS) is 25.5. The van der Waals surface area contributed by atoms with Crippen molar-refractivity contribution < 1.29 is 13.6 Å². The second kappa shape index (κ2) is 8.23. The first-order chi connectivity index (χ1) is 13.1. The van der Waals surface area contributed by atoms with Gasteiger partial charge in [-0.05, 0) is 64.2 Å². The van der Waals surface area contributed by atoms with Gasteiger partial charge in [-0.3, -0.25) is 14.6 Å². The van der Waals surface area contributed by atoms with Crippen molar-refractivity contribution in [1.82, 2.24) is 15.1 Å². The monoisotopic (exact) mass is 377 g/mol. The Morgan fingerprint density at radius 1 is 1.07 bits per heavy atom. The Labute approximate surface area is 159 Å². The minimum atomic E-state index is -0.772. The van der Waals surface area contributed by atoms with E-state index < -0.39 is 11.6 Å². The number of amides is 1. The lowest BCUT2D eigenvalue weighted by Gasteiger charge is -2.42. The van der Waals surface area contributed by atoms with Crippen LogP contribution < -0.4 is 5.32 Å². The van der Waals surface area contributed by atoms with Crippen molar-refractivity contribution in [3.05, 3.63) is 35.4 Å². The van der Waals surface area contributed by atoms with E-state index in [1.807, 2.05) is 0 Å². The molecule has 148 valence electrons. The van der Waals surface area contributed by atoms with Gasteiger partial charge in [0.1, 0.15) is 0 Å². The van der Waals surface area contributed by atoms with Crippen LogP contribution in [0.1, 0.15) is 44.1 Å². The van der Waals surface area contributed by atoms with E-state index in [1.54, 1.807) is 12.1 Å². The summed E-state index contributed by atoms with van der Waals surface area (Å²) in [6.07, 6.45) is 6.38. The van der Waals surface area contributed by atoms with Crippen LogP contribution in [0, 0.1) is 17.6 Å². The van der Waals surface area contributed by atoms with E-state index in [1.165, 1.54) is 0 Å². The van der Waals surface area contributed by atoms with Crippen molar-refractivity contribution in [2.45, 2.75) is 57.2 Å². The van der Waals surface area contributed by atoms with E-state index in [4.69, 9.17) is 0 Å². The van der Waals surface area contributed by atoms with Crippen molar-refractivity contribution in [2.75, 3.05) is 26.2 Å². The average molecular weight is 377 g/mol. The molecule has 3 aliphatic rings. The van der Waals surface area contributed by atoms with Gasteiger partial charge in [0.05, 0.1) is 5.92 Å². The summed E-state index contributed by atoms with van der Waals surface area (Å²) in [7, 11) is 0. The molecule has 1 aromatic carbocycles. The third-order valence-corrected chi connectivity index (χ3v) is 6.25. The molecule has 0 aromatic heterocycles. The number of nitrogens with zero attached hydrogens (tertiary/aromatic N) is 2. The lowest BCUT2D eigenvalue weighted by Crippen LogP contribution is -2.50. The van der Waals surface area contributed by atoms with Gasteiger partial charge in [0.15, 0.2) is 11.6 Å². The lowest BCUT2D eigenvalue weighted by molar-refractivity contribution is -0.127. The summed E-state index contributed by atoms with van der Waals surface area (Å²) in [5.74, 6) is -1.13. The highest BCUT2D eigenvalue weighted by Gasteiger charge is 2.33. The molecule has 2 heterocycles. The average Bonchev–Trinajstić information content (AvgIpc) is 3.50. The fraction of sp³-hybridized carbons (Fsp3) is 0.667. The summed E-state index contributed by atoms with van der Waals surface area (Å²) in [5.41, 5.74) is 0.434. The Morgan fingerprint density at radius 2 is 1.85 bits per heavy atom. The van der Waals surface area contributed by atoms with Crippen LogP contribution in [0.25, 0.3) is 0 Å². The number of carbonyl (C=O) groups is 1. The van der Waals surface area contributed by atoms with Crippen LogP contribution in [-0.4, -0.2) is 54.0 Å². The predicted molar refractivity (Wildman–Crippen MR) is 100 cm³/mol. The molecule has 2 saturated heterocycles. The first-order valence-corrected chi connectivity index (χ1v) is 10.3. The van der Waals surface area contributed by atoms with Gasteiger partial charge in [-0.1, -0.05) is 12.1 Å². The highest BCUT2D eigenvalue weighted by atomic mass is 19.2. The summed E-state index contributed by atoms with van der Waals surface area (Å²) in [5, 5.41) is 3.15. The van der Waals surface area contributed by atoms with Gasteiger partial charge >= 0.3 is 0 Å².